The summed E-state index contributed by atoms with van der Waals surface area (Å²) < 4.78 is 3.75. The smallest absolute Gasteiger partial charge is 0.333 e. The number of carbonyl (C=O) groups excluding carboxylic acids is 1. The molecule has 4 heterocycles. The fourth-order valence-corrected chi connectivity index (χ4v) is 5.02. The van der Waals surface area contributed by atoms with Gasteiger partial charge in [0.1, 0.15) is 0 Å². The third kappa shape index (κ3) is 4.22. The number of hydrogen-bond donors (Lipinski definition) is 2. The first-order valence-corrected chi connectivity index (χ1v) is 12.2. The molecule has 0 spiro atoms. The van der Waals surface area contributed by atoms with Crippen LogP contribution in [0.5, 0.6) is 0 Å². The maximum atomic E-state index is 14.1. The first kappa shape index (κ1) is 24.9. The van der Waals surface area contributed by atoms with E-state index in [2.05, 4.69) is 11.1 Å². The molecule has 4 N–H and O–H groups in total. The molecule has 1 aliphatic rings. The van der Waals surface area contributed by atoms with E-state index in [1.165, 1.54) is 23.9 Å². The van der Waals surface area contributed by atoms with Gasteiger partial charge in [-0.15, -0.1) is 0 Å². The molecule has 1 amide bonds. The number of anilines is 1. The summed E-state index contributed by atoms with van der Waals surface area (Å²) in [4.78, 5) is 51.1. The number of imidazole rings is 1. The fraction of sp³-hybridized carbons (Fsp3) is 0.308. The zero-order chi connectivity index (χ0) is 27.0. The molecule has 38 heavy (non-hydrogen) atoms. The van der Waals surface area contributed by atoms with Crippen molar-refractivity contribution in [3.63, 3.8) is 0 Å². The van der Waals surface area contributed by atoms with Crippen LogP contribution in [0, 0.1) is 11.3 Å². The number of carbonyl (C=O) groups is 1. The zero-order valence-corrected chi connectivity index (χ0v) is 20.8. The van der Waals surface area contributed by atoms with Gasteiger partial charge in [0.25, 0.3) is 5.56 Å². The number of nitriles is 1. The summed E-state index contributed by atoms with van der Waals surface area (Å²) in [6, 6.07) is 12.6. The van der Waals surface area contributed by atoms with Gasteiger partial charge < -0.3 is 16.4 Å². The van der Waals surface area contributed by atoms with E-state index in [4.69, 9.17) is 16.5 Å². The Balaban J connectivity index is 1.82. The minimum Gasteiger partial charge on any atom is -0.368 e. The SMILES string of the molecule is Cn1c(=O)n([C@@H](C(N)=O)c2ccccn2)c(=O)c2c1nc(N1CCCC(N)C1)n2Cc1ccccc1C#N. The van der Waals surface area contributed by atoms with Crippen molar-refractivity contribution >= 4 is 23.0 Å². The van der Waals surface area contributed by atoms with Gasteiger partial charge in [0.2, 0.25) is 11.9 Å². The van der Waals surface area contributed by atoms with Gasteiger partial charge in [-0.05, 0) is 36.6 Å². The lowest BCUT2D eigenvalue weighted by molar-refractivity contribution is -0.120. The van der Waals surface area contributed by atoms with Gasteiger partial charge in [0, 0.05) is 32.4 Å². The molecule has 5 rings (SSSR count). The molecule has 2 atom stereocenters. The summed E-state index contributed by atoms with van der Waals surface area (Å²) in [7, 11) is 1.49. The largest absolute Gasteiger partial charge is 0.368 e. The summed E-state index contributed by atoms with van der Waals surface area (Å²) in [6.45, 7) is 1.32. The van der Waals surface area contributed by atoms with Gasteiger partial charge >= 0.3 is 5.69 Å². The van der Waals surface area contributed by atoms with Crippen molar-refractivity contribution in [2.75, 3.05) is 18.0 Å². The van der Waals surface area contributed by atoms with Crippen LogP contribution in [0.1, 0.15) is 35.7 Å². The highest BCUT2D eigenvalue weighted by Crippen LogP contribution is 2.25. The fourth-order valence-electron chi connectivity index (χ4n) is 5.02. The highest BCUT2D eigenvalue weighted by atomic mass is 16.2. The number of fused-ring (bicyclic) bond motifs is 1. The predicted molar refractivity (Wildman–Crippen MR) is 140 cm³/mol. The Bertz CT molecular complexity index is 1680. The van der Waals surface area contributed by atoms with E-state index in [1.54, 1.807) is 34.9 Å². The van der Waals surface area contributed by atoms with E-state index in [9.17, 15) is 19.6 Å². The highest BCUT2D eigenvalue weighted by Gasteiger charge is 2.31. The van der Waals surface area contributed by atoms with Crippen LogP contribution in [0.3, 0.4) is 0 Å². The number of hydrogen-bond acceptors (Lipinski definition) is 8. The average Bonchev–Trinajstić information content (AvgIpc) is 3.30. The first-order chi connectivity index (χ1) is 18.3. The number of pyridine rings is 1. The maximum Gasteiger partial charge on any atom is 0.333 e. The van der Waals surface area contributed by atoms with Gasteiger partial charge in [-0.25, -0.2) is 9.36 Å². The molecule has 1 fully saturated rings. The monoisotopic (exact) mass is 513 g/mol. The van der Waals surface area contributed by atoms with Crippen LogP contribution < -0.4 is 27.6 Å². The van der Waals surface area contributed by atoms with Crippen LogP contribution in [0.2, 0.25) is 0 Å². The molecule has 0 saturated carbocycles. The molecule has 4 aromatic rings. The van der Waals surface area contributed by atoms with Crippen LogP contribution in [-0.4, -0.2) is 48.7 Å². The maximum absolute atomic E-state index is 14.1. The second-order valence-electron chi connectivity index (χ2n) is 9.36. The van der Waals surface area contributed by atoms with Crippen molar-refractivity contribution in [1.82, 2.24) is 23.7 Å². The number of primary amides is 1. The lowest BCUT2D eigenvalue weighted by Crippen LogP contribution is -2.46. The summed E-state index contributed by atoms with van der Waals surface area (Å²) in [6.07, 6.45) is 3.16. The van der Waals surface area contributed by atoms with Crippen molar-refractivity contribution in [2.24, 2.45) is 18.5 Å². The minimum absolute atomic E-state index is 0.0766. The third-order valence-corrected chi connectivity index (χ3v) is 6.86. The second kappa shape index (κ2) is 9.95. The highest BCUT2D eigenvalue weighted by molar-refractivity contribution is 5.82. The van der Waals surface area contributed by atoms with E-state index in [0.29, 0.717) is 30.2 Å². The Kier molecular flexibility index (Phi) is 6.52. The molecule has 12 heteroatoms. The molecule has 1 saturated heterocycles. The molecule has 194 valence electrons. The standard InChI is InChI=1S/C26H27N9O3/c1-32-23-21(24(37)35(26(32)38)20(22(29)36)19-10-4-5-11-30-19)34(14-17-8-3-2-7-16(17)13-27)25(31-23)33-12-6-9-18(28)15-33/h2-5,7-8,10-11,18,20H,6,9,12,14-15,28H2,1H3,(H2,29,36)/t18?,20-/m1/s1. The van der Waals surface area contributed by atoms with Gasteiger partial charge in [0.15, 0.2) is 17.2 Å². The normalized spacial score (nSPS) is 16.3. The predicted octanol–water partition coefficient (Wildman–Crippen LogP) is 0.214. The first-order valence-electron chi connectivity index (χ1n) is 12.2. The van der Waals surface area contributed by atoms with Crippen molar-refractivity contribution in [3.05, 3.63) is 86.3 Å². The van der Waals surface area contributed by atoms with E-state index in [0.717, 1.165) is 17.4 Å². The summed E-state index contributed by atoms with van der Waals surface area (Å²) >= 11 is 0. The van der Waals surface area contributed by atoms with Crippen molar-refractivity contribution in [2.45, 2.75) is 31.5 Å². The third-order valence-electron chi connectivity index (χ3n) is 6.86. The number of piperidine rings is 1. The number of amides is 1. The number of aryl methyl sites for hydroxylation is 1. The summed E-state index contributed by atoms with van der Waals surface area (Å²) in [5.41, 5.74) is 12.0. The number of aromatic nitrogens is 5. The molecular weight excluding hydrogens is 486 g/mol. The lowest BCUT2D eigenvalue weighted by Gasteiger charge is -2.32. The number of benzene rings is 1. The average molecular weight is 514 g/mol. The van der Waals surface area contributed by atoms with Crippen LogP contribution in [0.4, 0.5) is 5.95 Å². The molecule has 0 aliphatic carbocycles. The molecule has 1 unspecified atom stereocenters. The van der Waals surface area contributed by atoms with E-state index in [-0.39, 0.29) is 29.4 Å². The number of nitrogens with two attached hydrogens (primary N) is 2. The topological polar surface area (TPSA) is 171 Å². The Morgan fingerprint density at radius 3 is 2.66 bits per heavy atom. The van der Waals surface area contributed by atoms with Gasteiger partial charge in [-0.3, -0.25) is 23.7 Å². The molecule has 0 radical (unpaired) electrons. The summed E-state index contributed by atoms with van der Waals surface area (Å²) in [5.74, 6) is -0.438. The Hall–Kier alpha value is -4.76. The van der Waals surface area contributed by atoms with Gasteiger partial charge in [-0.1, -0.05) is 24.3 Å². The number of rotatable bonds is 6. The van der Waals surface area contributed by atoms with Crippen molar-refractivity contribution in [3.8, 4) is 6.07 Å². The second-order valence-corrected chi connectivity index (χ2v) is 9.36. The lowest BCUT2D eigenvalue weighted by atomic mass is 10.1. The quantitative estimate of drug-likeness (QED) is 0.368. The molecule has 1 aliphatic heterocycles. The minimum atomic E-state index is -1.42. The van der Waals surface area contributed by atoms with Crippen molar-refractivity contribution in [1.29, 1.82) is 5.26 Å². The van der Waals surface area contributed by atoms with Crippen LogP contribution >= 0.6 is 0 Å². The Labute approximate surface area is 217 Å². The van der Waals surface area contributed by atoms with E-state index in [1.807, 2.05) is 11.0 Å². The summed E-state index contributed by atoms with van der Waals surface area (Å²) in [5, 5.41) is 9.68. The number of nitrogens with zero attached hydrogens (tertiary/aromatic N) is 7. The molecule has 3 aromatic heterocycles. The van der Waals surface area contributed by atoms with Crippen LogP contribution in [0.25, 0.3) is 11.2 Å². The molecule has 12 nitrogen and oxygen atoms in total. The van der Waals surface area contributed by atoms with E-state index >= 15 is 0 Å². The van der Waals surface area contributed by atoms with Gasteiger partial charge in [0.05, 0.1) is 23.9 Å². The zero-order valence-electron chi connectivity index (χ0n) is 20.8. The van der Waals surface area contributed by atoms with Crippen molar-refractivity contribution < 1.29 is 4.79 Å². The Morgan fingerprint density at radius 1 is 1.21 bits per heavy atom. The molecular formula is C26H27N9O3. The van der Waals surface area contributed by atoms with Gasteiger partial charge in [-0.2, -0.15) is 10.2 Å². The Morgan fingerprint density at radius 2 is 1.97 bits per heavy atom. The molecule has 0 bridgehead atoms. The van der Waals surface area contributed by atoms with Crippen LogP contribution in [-0.2, 0) is 18.4 Å². The van der Waals surface area contributed by atoms with Crippen LogP contribution in [0.15, 0.2) is 58.3 Å². The van der Waals surface area contributed by atoms with E-state index < -0.39 is 23.2 Å². The molecule has 1 aromatic carbocycles.